The first-order valence-corrected chi connectivity index (χ1v) is 7.08. The lowest BCUT2D eigenvalue weighted by atomic mass is 10.1. The molecular formula is C15H14BrNO4. The minimum absolute atomic E-state index is 0.0819. The number of rotatable bonds is 4. The standard InChI is InChI=1S/C15H14BrNO4/c1-9-3-5-15(13(7-9)17(19)20)21-14-6-4-11(10(2)18)8-12(14)16/h3-8,10,18H,1-2H3. The predicted octanol–water partition coefficient (Wildman–Crippen LogP) is 4.51. The molecule has 0 saturated carbocycles. The van der Waals surface area contributed by atoms with E-state index in [0.29, 0.717) is 10.2 Å². The Bertz CT molecular complexity index is 685. The lowest BCUT2D eigenvalue weighted by Crippen LogP contribution is -1.96. The normalized spacial score (nSPS) is 12.0. The highest BCUT2D eigenvalue weighted by molar-refractivity contribution is 9.10. The van der Waals surface area contributed by atoms with Crippen molar-refractivity contribution in [1.29, 1.82) is 0 Å². The SMILES string of the molecule is Cc1ccc(Oc2ccc(C(C)O)cc2Br)c([N+](=O)[O-])c1. The Hall–Kier alpha value is -1.92. The van der Waals surface area contributed by atoms with Crippen molar-refractivity contribution in [3.8, 4) is 11.5 Å². The number of aryl methyl sites for hydroxylation is 1. The van der Waals surface area contributed by atoms with E-state index >= 15 is 0 Å². The number of ether oxygens (including phenoxy) is 1. The van der Waals surface area contributed by atoms with Gasteiger partial charge in [0.25, 0.3) is 0 Å². The third-order valence-corrected chi connectivity index (χ3v) is 3.59. The molecule has 0 saturated heterocycles. The summed E-state index contributed by atoms with van der Waals surface area (Å²) in [5.41, 5.74) is 1.44. The zero-order valence-corrected chi connectivity index (χ0v) is 13.1. The molecule has 0 spiro atoms. The molecule has 0 aliphatic heterocycles. The summed E-state index contributed by atoms with van der Waals surface area (Å²) < 4.78 is 6.24. The lowest BCUT2D eigenvalue weighted by molar-refractivity contribution is -0.385. The smallest absolute Gasteiger partial charge is 0.311 e. The molecule has 1 N–H and O–H groups in total. The van der Waals surface area contributed by atoms with Gasteiger partial charge >= 0.3 is 5.69 Å². The van der Waals surface area contributed by atoms with E-state index in [9.17, 15) is 15.2 Å². The number of nitro benzene ring substituents is 1. The van der Waals surface area contributed by atoms with E-state index in [2.05, 4.69) is 15.9 Å². The largest absolute Gasteiger partial charge is 0.449 e. The van der Waals surface area contributed by atoms with Crippen molar-refractivity contribution in [3.63, 3.8) is 0 Å². The van der Waals surface area contributed by atoms with Gasteiger partial charge in [0, 0.05) is 6.07 Å². The lowest BCUT2D eigenvalue weighted by Gasteiger charge is -2.11. The summed E-state index contributed by atoms with van der Waals surface area (Å²) >= 11 is 3.34. The topological polar surface area (TPSA) is 72.6 Å². The van der Waals surface area contributed by atoms with Crippen LogP contribution in [-0.4, -0.2) is 10.0 Å². The molecule has 2 aromatic rings. The molecule has 0 aliphatic carbocycles. The van der Waals surface area contributed by atoms with Crippen LogP contribution < -0.4 is 4.74 Å². The molecular weight excluding hydrogens is 338 g/mol. The van der Waals surface area contributed by atoms with E-state index in [1.54, 1.807) is 44.2 Å². The van der Waals surface area contributed by atoms with Gasteiger partial charge < -0.3 is 9.84 Å². The van der Waals surface area contributed by atoms with E-state index in [4.69, 9.17) is 4.74 Å². The second-order valence-corrected chi connectivity index (χ2v) is 5.55. The number of hydrogen-bond acceptors (Lipinski definition) is 4. The Kier molecular flexibility index (Phi) is 4.59. The Morgan fingerprint density at radius 2 is 1.90 bits per heavy atom. The molecule has 0 amide bonds. The van der Waals surface area contributed by atoms with Crippen LogP contribution in [0.15, 0.2) is 40.9 Å². The minimum atomic E-state index is -0.593. The van der Waals surface area contributed by atoms with Crippen molar-refractivity contribution in [2.24, 2.45) is 0 Å². The minimum Gasteiger partial charge on any atom is -0.449 e. The third-order valence-electron chi connectivity index (χ3n) is 2.97. The van der Waals surface area contributed by atoms with E-state index in [0.717, 1.165) is 11.1 Å². The highest BCUT2D eigenvalue weighted by atomic mass is 79.9. The van der Waals surface area contributed by atoms with Crippen LogP contribution >= 0.6 is 15.9 Å². The van der Waals surface area contributed by atoms with E-state index in [1.165, 1.54) is 6.07 Å². The zero-order valence-electron chi connectivity index (χ0n) is 11.5. The molecule has 110 valence electrons. The van der Waals surface area contributed by atoms with Crippen molar-refractivity contribution in [1.82, 2.24) is 0 Å². The number of hydrogen-bond donors (Lipinski definition) is 1. The fourth-order valence-electron chi connectivity index (χ4n) is 1.83. The molecule has 1 atom stereocenters. The van der Waals surface area contributed by atoms with Crippen LogP contribution in [-0.2, 0) is 0 Å². The van der Waals surface area contributed by atoms with E-state index in [1.807, 2.05) is 0 Å². The van der Waals surface area contributed by atoms with Gasteiger partial charge in [-0.2, -0.15) is 0 Å². The summed E-state index contributed by atoms with van der Waals surface area (Å²) in [5, 5.41) is 20.6. The summed E-state index contributed by atoms with van der Waals surface area (Å²) in [5.74, 6) is 0.627. The van der Waals surface area contributed by atoms with Crippen molar-refractivity contribution in [2.75, 3.05) is 0 Å². The van der Waals surface area contributed by atoms with Gasteiger partial charge in [-0.3, -0.25) is 10.1 Å². The zero-order chi connectivity index (χ0) is 15.6. The molecule has 21 heavy (non-hydrogen) atoms. The average molecular weight is 352 g/mol. The summed E-state index contributed by atoms with van der Waals surface area (Å²) in [6.45, 7) is 3.44. The molecule has 0 heterocycles. The molecule has 2 rings (SSSR count). The number of aliphatic hydroxyl groups is 1. The van der Waals surface area contributed by atoms with Gasteiger partial charge in [0.15, 0.2) is 0 Å². The van der Waals surface area contributed by atoms with Gasteiger partial charge in [0.05, 0.1) is 15.5 Å². The highest BCUT2D eigenvalue weighted by Crippen LogP contribution is 2.36. The molecule has 2 aromatic carbocycles. The number of benzene rings is 2. The fourth-order valence-corrected chi connectivity index (χ4v) is 2.31. The summed E-state index contributed by atoms with van der Waals surface area (Å²) in [4.78, 5) is 10.6. The maximum absolute atomic E-state index is 11.1. The molecule has 0 aliphatic rings. The molecule has 6 heteroatoms. The van der Waals surface area contributed by atoms with Crippen LogP contribution in [0.25, 0.3) is 0 Å². The van der Waals surface area contributed by atoms with Gasteiger partial charge in [-0.25, -0.2) is 0 Å². The van der Waals surface area contributed by atoms with Crippen LogP contribution in [0.4, 0.5) is 5.69 Å². The average Bonchev–Trinajstić information content (AvgIpc) is 2.42. The molecule has 0 radical (unpaired) electrons. The van der Waals surface area contributed by atoms with Gasteiger partial charge in [-0.05, 0) is 59.1 Å². The van der Waals surface area contributed by atoms with Crippen molar-refractivity contribution in [2.45, 2.75) is 20.0 Å². The van der Waals surface area contributed by atoms with Gasteiger partial charge in [0.2, 0.25) is 5.75 Å². The van der Waals surface area contributed by atoms with Crippen molar-refractivity contribution < 1.29 is 14.8 Å². The third kappa shape index (κ3) is 3.59. The Morgan fingerprint density at radius 1 is 1.24 bits per heavy atom. The number of aliphatic hydroxyl groups excluding tert-OH is 1. The number of nitro groups is 1. The van der Waals surface area contributed by atoms with Crippen LogP contribution in [0, 0.1) is 17.0 Å². The predicted molar refractivity (Wildman–Crippen MR) is 82.7 cm³/mol. The monoisotopic (exact) mass is 351 g/mol. The van der Waals surface area contributed by atoms with Crippen LogP contribution in [0.3, 0.4) is 0 Å². The molecule has 0 fully saturated rings. The van der Waals surface area contributed by atoms with Gasteiger partial charge in [0.1, 0.15) is 5.75 Å². The number of halogens is 1. The maximum Gasteiger partial charge on any atom is 0.311 e. The first-order chi connectivity index (χ1) is 9.88. The first kappa shape index (κ1) is 15.5. The second kappa shape index (κ2) is 6.24. The molecule has 5 nitrogen and oxygen atoms in total. The Balaban J connectivity index is 2.37. The Morgan fingerprint density at radius 3 is 2.48 bits per heavy atom. The maximum atomic E-state index is 11.1. The van der Waals surface area contributed by atoms with Crippen molar-refractivity contribution in [3.05, 3.63) is 62.1 Å². The van der Waals surface area contributed by atoms with Crippen LogP contribution in [0.5, 0.6) is 11.5 Å². The molecule has 0 aromatic heterocycles. The van der Waals surface area contributed by atoms with E-state index < -0.39 is 11.0 Å². The Labute approximate surface area is 130 Å². The van der Waals surface area contributed by atoms with Crippen LogP contribution in [0.2, 0.25) is 0 Å². The van der Waals surface area contributed by atoms with Gasteiger partial charge in [-0.1, -0.05) is 12.1 Å². The first-order valence-electron chi connectivity index (χ1n) is 6.29. The molecule has 0 bridgehead atoms. The summed E-state index contributed by atoms with van der Waals surface area (Å²) in [6, 6.07) is 9.89. The van der Waals surface area contributed by atoms with Crippen LogP contribution in [0.1, 0.15) is 24.2 Å². The summed E-state index contributed by atoms with van der Waals surface area (Å²) in [6.07, 6.45) is -0.593. The van der Waals surface area contributed by atoms with Gasteiger partial charge in [-0.15, -0.1) is 0 Å². The van der Waals surface area contributed by atoms with Crippen molar-refractivity contribution >= 4 is 21.6 Å². The second-order valence-electron chi connectivity index (χ2n) is 4.70. The van der Waals surface area contributed by atoms with E-state index in [-0.39, 0.29) is 11.4 Å². The highest BCUT2D eigenvalue weighted by Gasteiger charge is 2.17. The molecule has 1 unspecified atom stereocenters. The fraction of sp³-hybridized carbons (Fsp3) is 0.200. The summed E-state index contributed by atoms with van der Waals surface area (Å²) in [7, 11) is 0. The quantitative estimate of drug-likeness (QED) is 0.649. The number of nitrogens with zero attached hydrogens (tertiary/aromatic N) is 1.